The van der Waals surface area contributed by atoms with Crippen molar-refractivity contribution in [2.75, 3.05) is 46.7 Å². The molecule has 2 amide bonds. The van der Waals surface area contributed by atoms with Crippen LogP contribution in [0.25, 0.3) is 0 Å². The van der Waals surface area contributed by atoms with Crippen LogP contribution in [-0.4, -0.2) is 69.8 Å². The molecule has 1 aliphatic heterocycles. The van der Waals surface area contributed by atoms with Gasteiger partial charge in [-0.05, 0) is 6.92 Å². The smallest absolute Gasteiger partial charge is 0.414 e. The average molecular weight is 391 g/mol. The van der Waals surface area contributed by atoms with Gasteiger partial charge in [-0.2, -0.15) is 0 Å². The lowest BCUT2D eigenvalue weighted by Crippen LogP contribution is -2.28. The fourth-order valence-corrected chi connectivity index (χ4v) is 2.51. The minimum Gasteiger partial charge on any atom is -0.463 e. The number of esters is 1. The first-order valence-corrected chi connectivity index (χ1v) is 8.69. The van der Waals surface area contributed by atoms with Crippen molar-refractivity contribution in [3.8, 4) is 11.5 Å². The standard InChI is InChI=1S/C19H25N3O6/c1-7-26-17(23)12-8-14-15(22(6)11-12)9-13(27-18(24)20(2)3)10-16(14)28-19(25)21(4)5/h9-11H,7-8H2,1-6H3. The summed E-state index contributed by atoms with van der Waals surface area (Å²) in [5.74, 6) is -0.00802. The van der Waals surface area contributed by atoms with Crippen molar-refractivity contribution < 1.29 is 28.6 Å². The van der Waals surface area contributed by atoms with Crippen molar-refractivity contribution in [1.82, 2.24) is 9.80 Å². The van der Waals surface area contributed by atoms with Crippen molar-refractivity contribution in [2.45, 2.75) is 13.3 Å². The first-order chi connectivity index (χ1) is 13.1. The molecule has 1 aromatic rings. The maximum absolute atomic E-state index is 12.2. The molecule has 152 valence electrons. The summed E-state index contributed by atoms with van der Waals surface area (Å²) in [6.07, 6.45) is 0.713. The summed E-state index contributed by atoms with van der Waals surface area (Å²) < 4.78 is 15.9. The molecule has 0 aromatic heterocycles. The zero-order valence-electron chi connectivity index (χ0n) is 16.9. The van der Waals surface area contributed by atoms with Gasteiger partial charge in [0.05, 0.1) is 17.9 Å². The van der Waals surface area contributed by atoms with E-state index in [-0.39, 0.29) is 24.5 Å². The number of carbonyl (C=O) groups is 3. The number of hydrogen-bond donors (Lipinski definition) is 0. The van der Waals surface area contributed by atoms with E-state index in [0.717, 1.165) is 0 Å². The Morgan fingerprint density at radius 1 is 1.04 bits per heavy atom. The van der Waals surface area contributed by atoms with Gasteiger partial charge in [-0.3, -0.25) is 0 Å². The summed E-state index contributed by atoms with van der Waals surface area (Å²) in [4.78, 5) is 40.5. The Morgan fingerprint density at radius 2 is 1.64 bits per heavy atom. The number of hydrogen-bond acceptors (Lipinski definition) is 7. The monoisotopic (exact) mass is 391 g/mol. The summed E-state index contributed by atoms with van der Waals surface area (Å²) in [7, 11) is 7.98. The van der Waals surface area contributed by atoms with Crippen molar-refractivity contribution >= 4 is 23.8 Å². The highest BCUT2D eigenvalue weighted by atomic mass is 16.6. The van der Waals surface area contributed by atoms with Crippen LogP contribution in [0.4, 0.5) is 15.3 Å². The number of carbonyl (C=O) groups excluding carboxylic acids is 3. The molecule has 1 aliphatic rings. The maximum Gasteiger partial charge on any atom is 0.414 e. The van der Waals surface area contributed by atoms with Crippen LogP contribution in [0, 0.1) is 0 Å². The molecule has 0 atom stereocenters. The largest absolute Gasteiger partial charge is 0.463 e. The molecule has 0 radical (unpaired) electrons. The van der Waals surface area contributed by atoms with Gasteiger partial charge in [0.15, 0.2) is 0 Å². The van der Waals surface area contributed by atoms with Crippen LogP contribution in [0.1, 0.15) is 12.5 Å². The quantitative estimate of drug-likeness (QED) is 0.727. The molecule has 0 fully saturated rings. The van der Waals surface area contributed by atoms with E-state index in [4.69, 9.17) is 14.2 Å². The highest BCUT2D eigenvalue weighted by molar-refractivity contribution is 5.92. The van der Waals surface area contributed by atoms with Crippen LogP contribution in [0.3, 0.4) is 0 Å². The summed E-state index contributed by atoms with van der Waals surface area (Å²) in [5, 5.41) is 0. The van der Waals surface area contributed by atoms with Gasteiger partial charge < -0.3 is 28.9 Å². The Labute approximate surface area is 164 Å². The second-order valence-electron chi connectivity index (χ2n) is 6.61. The SMILES string of the molecule is CCOC(=O)C1=CN(C)c2cc(OC(=O)N(C)C)cc(OC(=O)N(C)C)c2C1. The van der Waals surface area contributed by atoms with E-state index in [1.54, 1.807) is 59.3 Å². The molecule has 1 heterocycles. The predicted molar refractivity (Wildman–Crippen MR) is 103 cm³/mol. The van der Waals surface area contributed by atoms with Crippen LogP contribution in [-0.2, 0) is 16.0 Å². The Hall–Kier alpha value is -3.23. The van der Waals surface area contributed by atoms with Gasteiger partial charge in [0.2, 0.25) is 0 Å². The van der Waals surface area contributed by atoms with Gasteiger partial charge in [0, 0.05) is 65.6 Å². The number of fused-ring (bicyclic) bond motifs is 1. The Balaban J connectivity index is 2.47. The fourth-order valence-electron chi connectivity index (χ4n) is 2.51. The fraction of sp³-hybridized carbons (Fsp3) is 0.421. The van der Waals surface area contributed by atoms with Crippen molar-refractivity contribution in [3.05, 3.63) is 29.5 Å². The second-order valence-corrected chi connectivity index (χ2v) is 6.61. The number of anilines is 1. The zero-order chi connectivity index (χ0) is 21.0. The zero-order valence-corrected chi connectivity index (χ0v) is 16.9. The van der Waals surface area contributed by atoms with E-state index in [9.17, 15) is 14.4 Å². The van der Waals surface area contributed by atoms with Gasteiger partial charge in [-0.1, -0.05) is 0 Å². The minimum absolute atomic E-state index is 0.208. The number of nitrogens with zero attached hydrogens (tertiary/aromatic N) is 3. The van der Waals surface area contributed by atoms with Crippen LogP contribution in [0.15, 0.2) is 23.9 Å². The van der Waals surface area contributed by atoms with E-state index in [0.29, 0.717) is 16.8 Å². The summed E-state index contributed by atoms with van der Waals surface area (Å²) >= 11 is 0. The number of rotatable bonds is 4. The van der Waals surface area contributed by atoms with Crippen molar-refractivity contribution in [2.24, 2.45) is 0 Å². The normalized spacial score (nSPS) is 12.5. The van der Waals surface area contributed by atoms with E-state index in [2.05, 4.69) is 0 Å². The molecule has 0 saturated carbocycles. The lowest BCUT2D eigenvalue weighted by atomic mass is 9.98. The molecule has 0 spiro atoms. The Morgan fingerprint density at radius 3 is 2.21 bits per heavy atom. The molecule has 1 aromatic carbocycles. The third-order valence-electron chi connectivity index (χ3n) is 3.93. The second kappa shape index (κ2) is 8.64. The number of benzene rings is 1. The van der Waals surface area contributed by atoms with Crippen molar-refractivity contribution in [1.29, 1.82) is 0 Å². The third kappa shape index (κ3) is 4.73. The first-order valence-electron chi connectivity index (χ1n) is 8.69. The van der Waals surface area contributed by atoms with Gasteiger partial charge in [-0.25, -0.2) is 14.4 Å². The van der Waals surface area contributed by atoms with Gasteiger partial charge in [-0.15, -0.1) is 0 Å². The highest BCUT2D eigenvalue weighted by Crippen LogP contribution is 2.39. The highest BCUT2D eigenvalue weighted by Gasteiger charge is 2.27. The van der Waals surface area contributed by atoms with Crippen molar-refractivity contribution in [3.63, 3.8) is 0 Å². The van der Waals surface area contributed by atoms with Crippen LogP contribution < -0.4 is 14.4 Å². The topological polar surface area (TPSA) is 88.6 Å². The summed E-state index contributed by atoms with van der Waals surface area (Å²) in [5.41, 5.74) is 1.70. The molecule has 0 unspecified atom stereocenters. The molecule has 0 N–H and O–H groups in total. The lowest BCUT2D eigenvalue weighted by molar-refractivity contribution is -0.138. The molecular formula is C19H25N3O6. The third-order valence-corrected chi connectivity index (χ3v) is 3.93. The molecular weight excluding hydrogens is 366 g/mol. The molecule has 28 heavy (non-hydrogen) atoms. The van der Waals surface area contributed by atoms with Gasteiger partial charge in [0.25, 0.3) is 0 Å². The van der Waals surface area contributed by atoms with Crippen LogP contribution in [0.5, 0.6) is 11.5 Å². The molecule has 9 nitrogen and oxygen atoms in total. The number of ether oxygens (including phenoxy) is 3. The van der Waals surface area contributed by atoms with E-state index in [1.807, 2.05) is 0 Å². The summed E-state index contributed by atoms with van der Waals surface area (Å²) in [6.45, 7) is 1.99. The predicted octanol–water partition coefficient (Wildman–Crippen LogP) is 2.25. The molecule has 9 heteroatoms. The van der Waals surface area contributed by atoms with E-state index >= 15 is 0 Å². The number of amides is 2. The van der Waals surface area contributed by atoms with Gasteiger partial charge >= 0.3 is 18.2 Å². The molecule has 0 aliphatic carbocycles. The first kappa shape index (κ1) is 21.1. The average Bonchev–Trinajstić information content (AvgIpc) is 2.62. The van der Waals surface area contributed by atoms with E-state index < -0.39 is 18.2 Å². The summed E-state index contributed by atoms with van der Waals surface area (Å²) in [6, 6.07) is 3.12. The molecule has 0 saturated heterocycles. The Kier molecular flexibility index (Phi) is 6.50. The van der Waals surface area contributed by atoms with Gasteiger partial charge in [0.1, 0.15) is 11.5 Å². The van der Waals surface area contributed by atoms with Crippen LogP contribution >= 0.6 is 0 Å². The van der Waals surface area contributed by atoms with Crippen LogP contribution in [0.2, 0.25) is 0 Å². The maximum atomic E-state index is 12.2. The Bertz CT molecular complexity index is 816. The van der Waals surface area contributed by atoms with E-state index in [1.165, 1.54) is 15.9 Å². The molecule has 0 bridgehead atoms. The molecule has 2 rings (SSSR count). The minimum atomic E-state index is -0.590. The lowest BCUT2D eigenvalue weighted by Gasteiger charge is -2.27.